The molecule has 0 saturated carbocycles. The summed E-state index contributed by atoms with van der Waals surface area (Å²) in [5.74, 6) is 1.37. The Labute approximate surface area is 154 Å². The summed E-state index contributed by atoms with van der Waals surface area (Å²) < 4.78 is 17.0. The number of para-hydroxylation sites is 1. The van der Waals surface area contributed by atoms with Crippen molar-refractivity contribution in [2.45, 2.75) is 13.0 Å². The number of ether oxygens (including phenoxy) is 3. The van der Waals surface area contributed by atoms with Crippen LogP contribution in [0.4, 0.5) is 0 Å². The van der Waals surface area contributed by atoms with Gasteiger partial charge in [0.25, 0.3) is 5.91 Å². The van der Waals surface area contributed by atoms with Crippen LogP contribution >= 0.6 is 15.9 Å². The Kier molecular flexibility index (Phi) is 6.82. The first-order valence-corrected chi connectivity index (χ1v) is 8.30. The van der Waals surface area contributed by atoms with Crippen molar-refractivity contribution in [3.63, 3.8) is 0 Å². The van der Waals surface area contributed by atoms with Gasteiger partial charge in [0.05, 0.1) is 20.4 Å². The van der Waals surface area contributed by atoms with Crippen LogP contribution in [-0.2, 0) is 4.79 Å². The van der Waals surface area contributed by atoms with E-state index in [9.17, 15) is 4.79 Å². The molecule has 0 aromatic heterocycles. The Balaban J connectivity index is 1.97. The Morgan fingerprint density at radius 1 is 1.16 bits per heavy atom. The summed E-state index contributed by atoms with van der Waals surface area (Å²) in [6.07, 6.45) is 0.802. The Bertz CT molecular complexity index is 747. The molecule has 132 valence electrons. The number of hydrogen-bond donors (Lipinski definition) is 1. The van der Waals surface area contributed by atoms with E-state index in [1.807, 2.05) is 18.2 Å². The second-order valence-electron chi connectivity index (χ2n) is 5.03. The van der Waals surface area contributed by atoms with Crippen molar-refractivity contribution in [1.82, 2.24) is 5.43 Å². The largest absolute Gasteiger partial charge is 0.493 e. The van der Waals surface area contributed by atoms with E-state index in [-0.39, 0.29) is 5.91 Å². The molecule has 6 nitrogen and oxygen atoms in total. The van der Waals surface area contributed by atoms with E-state index < -0.39 is 6.10 Å². The lowest BCUT2D eigenvalue weighted by atomic mass is 10.2. The number of carbonyl (C=O) groups excluding carboxylic acids is 1. The summed E-state index contributed by atoms with van der Waals surface area (Å²) in [5.41, 5.74) is 3.14. The van der Waals surface area contributed by atoms with Gasteiger partial charge in [-0.15, -0.1) is 0 Å². The van der Waals surface area contributed by atoms with Gasteiger partial charge >= 0.3 is 0 Å². The molecule has 2 aromatic carbocycles. The first kappa shape index (κ1) is 18.8. The number of nitrogens with zero attached hydrogens (tertiary/aromatic N) is 1. The lowest BCUT2D eigenvalue weighted by molar-refractivity contribution is -0.127. The molecule has 0 radical (unpaired) electrons. The number of rotatable bonds is 7. The van der Waals surface area contributed by atoms with E-state index in [0.717, 1.165) is 4.47 Å². The van der Waals surface area contributed by atoms with E-state index >= 15 is 0 Å². The molecule has 0 saturated heterocycles. The molecule has 2 rings (SSSR count). The van der Waals surface area contributed by atoms with Crippen molar-refractivity contribution in [3.8, 4) is 17.2 Å². The molecule has 0 spiro atoms. The molecule has 7 heteroatoms. The van der Waals surface area contributed by atoms with Gasteiger partial charge in [-0.25, -0.2) is 5.43 Å². The summed E-state index contributed by atoms with van der Waals surface area (Å²) in [4.78, 5) is 12.1. The molecule has 1 N–H and O–H groups in total. The molecule has 25 heavy (non-hydrogen) atoms. The van der Waals surface area contributed by atoms with Gasteiger partial charge in [-0.3, -0.25) is 4.79 Å². The van der Waals surface area contributed by atoms with Crippen molar-refractivity contribution in [1.29, 1.82) is 0 Å². The zero-order valence-electron chi connectivity index (χ0n) is 14.2. The number of amides is 1. The molecule has 0 aliphatic heterocycles. The molecule has 0 bridgehead atoms. The summed E-state index contributed by atoms with van der Waals surface area (Å²) in [5, 5.41) is 3.95. The van der Waals surface area contributed by atoms with Crippen LogP contribution in [0.15, 0.2) is 52.0 Å². The van der Waals surface area contributed by atoms with Crippen LogP contribution in [0.5, 0.6) is 17.2 Å². The summed E-state index contributed by atoms with van der Waals surface area (Å²) in [6.45, 7) is 1.65. The zero-order valence-corrected chi connectivity index (χ0v) is 15.7. The van der Waals surface area contributed by atoms with Gasteiger partial charge in [-0.05, 0) is 43.3 Å². The molecular formula is C18H19BrN2O4. The fourth-order valence-corrected chi connectivity index (χ4v) is 2.31. The van der Waals surface area contributed by atoms with Crippen molar-refractivity contribution in [3.05, 3.63) is 52.5 Å². The van der Waals surface area contributed by atoms with E-state index in [0.29, 0.717) is 22.8 Å². The minimum atomic E-state index is -0.689. The molecule has 0 unspecified atom stereocenters. The third kappa shape index (κ3) is 5.22. The highest BCUT2D eigenvalue weighted by atomic mass is 79.9. The van der Waals surface area contributed by atoms with Gasteiger partial charge in [0.2, 0.25) is 0 Å². The topological polar surface area (TPSA) is 69.2 Å². The highest BCUT2D eigenvalue weighted by Gasteiger charge is 2.14. The van der Waals surface area contributed by atoms with Crippen LogP contribution in [-0.4, -0.2) is 32.4 Å². The summed E-state index contributed by atoms with van der Waals surface area (Å²) in [7, 11) is 3.10. The molecule has 1 atom stereocenters. The van der Waals surface area contributed by atoms with Gasteiger partial charge in [-0.2, -0.15) is 5.10 Å². The summed E-state index contributed by atoms with van der Waals surface area (Å²) in [6, 6.07) is 12.6. The van der Waals surface area contributed by atoms with Crippen LogP contribution in [0.1, 0.15) is 12.5 Å². The number of halogens is 1. The maximum absolute atomic E-state index is 12.1. The third-order valence-electron chi connectivity index (χ3n) is 3.31. The van der Waals surface area contributed by atoms with Crippen LogP contribution < -0.4 is 19.6 Å². The second-order valence-corrected chi connectivity index (χ2v) is 5.95. The molecule has 0 heterocycles. The monoisotopic (exact) mass is 406 g/mol. The van der Waals surface area contributed by atoms with Crippen LogP contribution in [0.2, 0.25) is 0 Å². The highest BCUT2D eigenvalue weighted by Crippen LogP contribution is 2.29. The first-order chi connectivity index (χ1) is 12.0. The van der Waals surface area contributed by atoms with Gasteiger partial charge in [0.1, 0.15) is 5.75 Å². The average Bonchev–Trinajstić information content (AvgIpc) is 2.63. The number of methoxy groups -OCH3 is 2. The van der Waals surface area contributed by atoms with Crippen LogP contribution in [0.25, 0.3) is 0 Å². The lowest BCUT2D eigenvalue weighted by Gasteiger charge is -2.13. The summed E-state index contributed by atoms with van der Waals surface area (Å²) >= 11 is 3.35. The van der Waals surface area contributed by atoms with E-state index in [1.165, 1.54) is 6.21 Å². The predicted octanol–water partition coefficient (Wildman–Crippen LogP) is 3.38. The first-order valence-electron chi connectivity index (χ1n) is 7.51. The Morgan fingerprint density at radius 2 is 1.88 bits per heavy atom. The van der Waals surface area contributed by atoms with Crippen molar-refractivity contribution in [2.24, 2.45) is 5.10 Å². The molecule has 0 aliphatic carbocycles. The maximum atomic E-state index is 12.1. The van der Waals surface area contributed by atoms with E-state index in [1.54, 1.807) is 45.4 Å². The smallest absolute Gasteiger partial charge is 0.280 e. The van der Waals surface area contributed by atoms with Crippen molar-refractivity contribution >= 4 is 28.1 Å². The van der Waals surface area contributed by atoms with Gasteiger partial charge in [-0.1, -0.05) is 22.0 Å². The van der Waals surface area contributed by atoms with Crippen LogP contribution in [0, 0.1) is 0 Å². The quantitative estimate of drug-likeness (QED) is 0.565. The number of benzene rings is 2. The standard InChI is InChI=1S/C18H19BrN2O4/c1-12(25-15-9-7-14(19)8-10-15)18(22)21-20-11-13-5-4-6-16(23-2)17(13)24-3/h4-12H,1-3H3,(H,21,22)/b20-11-/t12-/m1/s1. The molecule has 1 amide bonds. The number of carbonyl (C=O) groups is 1. The van der Waals surface area contributed by atoms with E-state index in [2.05, 4.69) is 26.5 Å². The Morgan fingerprint density at radius 3 is 2.52 bits per heavy atom. The fourth-order valence-electron chi connectivity index (χ4n) is 2.04. The molecule has 0 aliphatic rings. The highest BCUT2D eigenvalue weighted by molar-refractivity contribution is 9.10. The van der Waals surface area contributed by atoms with Gasteiger partial charge in [0.15, 0.2) is 17.6 Å². The Hall–Kier alpha value is -2.54. The molecule has 0 fully saturated rings. The second kappa shape index (κ2) is 9.08. The zero-order chi connectivity index (χ0) is 18.2. The molecule has 2 aromatic rings. The SMILES string of the molecule is COc1cccc(/C=N\NC(=O)[C@@H](C)Oc2ccc(Br)cc2)c1OC. The van der Waals surface area contributed by atoms with Gasteiger partial charge in [0, 0.05) is 10.0 Å². The minimum absolute atomic E-state index is 0.360. The van der Waals surface area contributed by atoms with Crippen molar-refractivity contribution < 1.29 is 19.0 Å². The third-order valence-corrected chi connectivity index (χ3v) is 3.84. The number of nitrogens with one attached hydrogen (secondary N) is 1. The molecular weight excluding hydrogens is 388 g/mol. The fraction of sp³-hybridized carbons (Fsp3) is 0.222. The minimum Gasteiger partial charge on any atom is -0.493 e. The van der Waals surface area contributed by atoms with Crippen LogP contribution in [0.3, 0.4) is 0 Å². The predicted molar refractivity (Wildman–Crippen MR) is 99.5 cm³/mol. The van der Waals surface area contributed by atoms with E-state index in [4.69, 9.17) is 14.2 Å². The number of hydrazone groups is 1. The van der Waals surface area contributed by atoms with Crippen molar-refractivity contribution in [2.75, 3.05) is 14.2 Å². The number of hydrogen-bond acceptors (Lipinski definition) is 5. The van der Waals surface area contributed by atoms with Gasteiger partial charge < -0.3 is 14.2 Å². The lowest BCUT2D eigenvalue weighted by Crippen LogP contribution is -2.33. The average molecular weight is 407 g/mol. The maximum Gasteiger partial charge on any atom is 0.280 e. The normalized spacial score (nSPS) is 11.8.